The average Bonchev–Trinajstić information content (AvgIpc) is 3.00. The van der Waals surface area contributed by atoms with Gasteiger partial charge in [0.2, 0.25) is 0 Å². The monoisotopic (exact) mass is 542 g/mol. The minimum Gasteiger partial charge on any atom is -0.497 e. The molecule has 0 spiro atoms. The number of hydrogen-bond acceptors (Lipinski definition) is 7. The van der Waals surface area contributed by atoms with Gasteiger partial charge in [-0.25, -0.2) is 0 Å². The van der Waals surface area contributed by atoms with Gasteiger partial charge in [-0.05, 0) is 86.9 Å². The van der Waals surface area contributed by atoms with E-state index >= 15 is 0 Å². The zero-order chi connectivity index (χ0) is 27.9. The molecule has 1 aromatic heterocycles. The fourth-order valence-electron chi connectivity index (χ4n) is 5.40. The Morgan fingerprint density at radius 3 is 2.42 bits per heavy atom. The molecule has 210 valence electrons. The summed E-state index contributed by atoms with van der Waals surface area (Å²) >= 11 is 0. The van der Waals surface area contributed by atoms with Crippen LogP contribution in [0.25, 0.3) is 22.1 Å². The van der Waals surface area contributed by atoms with E-state index in [0.717, 1.165) is 49.7 Å². The first-order valence-corrected chi connectivity index (χ1v) is 13.9. The SMILES string of the molecule is COc1ccc(-c2coc3cc(OCCCN(C)C4CCN(Cc5cccc(OC)c5)CC4)ccc3c2=O)cc1. The Morgan fingerprint density at radius 1 is 0.925 bits per heavy atom. The second-order valence-corrected chi connectivity index (χ2v) is 10.4. The maximum absolute atomic E-state index is 13.1. The maximum Gasteiger partial charge on any atom is 0.200 e. The largest absolute Gasteiger partial charge is 0.497 e. The molecule has 2 heterocycles. The van der Waals surface area contributed by atoms with Gasteiger partial charge in [-0.2, -0.15) is 0 Å². The Balaban J connectivity index is 1.08. The normalized spacial score (nSPS) is 14.5. The van der Waals surface area contributed by atoms with Gasteiger partial charge < -0.3 is 23.5 Å². The minimum atomic E-state index is -0.0610. The first kappa shape index (κ1) is 27.7. The van der Waals surface area contributed by atoms with E-state index in [0.29, 0.717) is 34.9 Å². The van der Waals surface area contributed by atoms with E-state index in [9.17, 15) is 4.79 Å². The number of fused-ring (bicyclic) bond motifs is 1. The fourth-order valence-corrected chi connectivity index (χ4v) is 5.40. The number of ether oxygens (including phenoxy) is 3. The van der Waals surface area contributed by atoms with Crippen molar-refractivity contribution >= 4 is 11.0 Å². The van der Waals surface area contributed by atoms with Gasteiger partial charge in [-0.15, -0.1) is 0 Å². The average molecular weight is 543 g/mol. The number of piperidine rings is 1. The Hall–Kier alpha value is -3.81. The lowest BCUT2D eigenvalue weighted by molar-refractivity contribution is 0.118. The van der Waals surface area contributed by atoms with Crippen molar-refractivity contribution in [2.75, 3.05) is 47.5 Å². The zero-order valence-corrected chi connectivity index (χ0v) is 23.6. The number of rotatable bonds is 11. The molecule has 0 saturated carbocycles. The molecule has 1 aliphatic rings. The van der Waals surface area contributed by atoms with E-state index in [1.807, 2.05) is 36.4 Å². The standard InChI is InChI=1S/C33H38N2O5/c1-34(26-14-17-35(18-15-26)22-24-6-4-7-28(20-24)38-3)16-5-19-39-29-12-13-30-32(21-29)40-23-31(33(30)36)25-8-10-27(37-2)11-9-25/h4,6-13,20-21,23,26H,5,14-19,22H2,1-3H3. The van der Waals surface area contributed by atoms with Crippen molar-refractivity contribution in [3.05, 3.63) is 88.8 Å². The predicted molar refractivity (Wildman–Crippen MR) is 159 cm³/mol. The van der Waals surface area contributed by atoms with Crippen LogP contribution >= 0.6 is 0 Å². The number of benzene rings is 3. The van der Waals surface area contributed by atoms with Crippen molar-refractivity contribution in [3.63, 3.8) is 0 Å². The lowest BCUT2D eigenvalue weighted by Crippen LogP contribution is -2.43. The highest BCUT2D eigenvalue weighted by Gasteiger charge is 2.22. The maximum atomic E-state index is 13.1. The Morgan fingerprint density at radius 2 is 1.68 bits per heavy atom. The van der Waals surface area contributed by atoms with Crippen LogP contribution in [-0.4, -0.2) is 63.4 Å². The molecule has 7 nitrogen and oxygen atoms in total. The molecule has 1 aliphatic heterocycles. The number of likely N-dealkylation sites (tertiary alicyclic amines) is 1. The highest BCUT2D eigenvalue weighted by Crippen LogP contribution is 2.25. The lowest BCUT2D eigenvalue weighted by Gasteiger charge is -2.36. The summed E-state index contributed by atoms with van der Waals surface area (Å²) in [4.78, 5) is 18.1. The van der Waals surface area contributed by atoms with Crippen molar-refractivity contribution in [3.8, 4) is 28.4 Å². The third kappa shape index (κ3) is 6.66. The summed E-state index contributed by atoms with van der Waals surface area (Å²) in [7, 11) is 5.55. The summed E-state index contributed by atoms with van der Waals surface area (Å²) in [6, 6.07) is 21.8. The molecule has 4 aromatic rings. The Labute approximate surface area is 235 Å². The number of hydrogen-bond donors (Lipinski definition) is 0. The first-order valence-electron chi connectivity index (χ1n) is 13.9. The third-order valence-corrected chi connectivity index (χ3v) is 7.79. The van der Waals surface area contributed by atoms with E-state index in [2.05, 4.69) is 35.0 Å². The molecule has 40 heavy (non-hydrogen) atoms. The summed E-state index contributed by atoms with van der Waals surface area (Å²) in [5.74, 6) is 2.37. The minimum absolute atomic E-state index is 0.0610. The zero-order valence-electron chi connectivity index (χ0n) is 23.6. The molecule has 0 unspecified atom stereocenters. The number of nitrogens with zero attached hydrogens (tertiary/aromatic N) is 2. The molecule has 0 atom stereocenters. The molecule has 0 amide bonds. The van der Waals surface area contributed by atoms with Crippen molar-refractivity contribution in [2.24, 2.45) is 0 Å². The van der Waals surface area contributed by atoms with E-state index in [-0.39, 0.29) is 5.43 Å². The van der Waals surface area contributed by atoms with Crippen LogP contribution in [0.5, 0.6) is 17.2 Å². The van der Waals surface area contributed by atoms with Gasteiger partial charge >= 0.3 is 0 Å². The lowest BCUT2D eigenvalue weighted by atomic mass is 10.0. The molecular weight excluding hydrogens is 504 g/mol. The molecule has 0 bridgehead atoms. The smallest absolute Gasteiger partial charge is 0.200 e. The van der Waals surface area contributed by atoms with Crippen molar-refractivity contribution < 1.29 is 18.6 Å². The first-order chi connectivity index (χ1) is 19.5. The molecule has 0 aliphatic carbocycles. The second kappa shape index (κ2) is 13.0. The molecule has 1 saturated heterocycles. The molecule has 1 fully saturated rings. The second-order valence-electron chi connectivity index (χ2n) is 10.4. The van der Waals surface area contributed by atoms with Gasteiger partial charge in [-0.3, -0.25) is 9.69 Å². The number of methoxy groups -OCH3 is 2. The van der Waals surface area contributed by atoms with Crippen LogP contribution in [0.15, 0.2) is 82.2 Å². The summed E-state index contributed by atoms with van der Waals surface area (Å²) in [5, 5.41) is 0.540. The summed E-state index contributed by atoms with van der Waals surface area (Å²) in [6.07, 6.45) is 4.79. The van der Waals surface area contributed by atoms with Crippen molar-refractivity contribution in [1.29, 1.82) is 0 Å². The van der Waals surface area contributed by atoms with Crippen molar-refractivity contribution in [2.45, 2.75) is 31.8 Å². The molecular formula is C33H38N2O5. The molecule has 7 heteroatoms. The van der Waals surface area contributed by atoms with Crippen LogP contribution in [0.3, 0.4) is 0 Å². The van der Waals surface area contributed by atoms with Gasteiger partial charge in [0.05, 0.1) is 31.8 Å². The van der Waals surface area contributed by atoms with E-state index in [4.69, 9.17) is 18.6 Å². The van der Waals surface area contributed by atoms with Gasteiger partial charge in [0.25, 0.3) is 0 Å². The highest BCUT2D eigenvalue weighted by molar-refractivity contribution is 5.82. The van der Waals surface area contributed by atoms with Crippen LogP contribution in [0.1, 0.15) is 24.8 Å². The predicted octanol–water partition coefficient (Wildman–Crippen LogP) is 5.84. The summed E-state index contributed by atoms with van der Waals surface area (Å²) in [5.41, 5.74) is 3.09. The van der Waals surface area contributed by atoms with Crippen LogP contribution in [0, 0.1) is 0 Å². The van der Waals surface area contributed by atoms with Gasteiger partial charge in [0.15, 0.2) is 5.43 Å². The highest BCUT2D eigenvalue weighted by atomic mass is 16.5. The quantitative estimate of drug-likeness (QED) is 0.221. The van der Waals surface area contributed by atoms with E-state index in [1.165, 1.54) is 24.7 Å². The van der Waals surface area contributed by atoms with Crippen LogP contribution in [0.2, 0.25) is 0 Å². The summed E-state index contributed by atoms with van der Waals surface area (Å²) < 4.78 is 22.4. The topological polar surface area (TPSA) is 64.4 Å². The Bertz CT molecular complexity index is 1460. The molecule has 3 aromatic carbocycles. The Kier molecular flexibility index (Phi) is 9.04. The third-order valence-electron chi connectivity index (χ3n) is 7.79. The van der Waals surface area contributed by atoms with Crippen molar-refractivity contribution in [1.82, 2.24) is 9.80 Å². The fraction of sp³-hybridized carbons (Fsp3) is 0.364. The molecule has 5 rings (SSSR count). The van der Waals surface area contributed by atoms with E-state index < -0.39 is 0 Å². The van der Waals surface area contributed by atoms with Crippen LogP contribution < -0.4 is 19.6 Å². The summed E-state index contributed by atoms with van der Waals surface area (Å²) in [6.45, 7) is 4.76. The van der Waals surface area contributed by atoms with Gasteiger partial charge in [0, 0.05) is 25.2 Å². The van der Waals surface area contributed by atoms with Crippen LogP contribution in [0.4, 0.5) is 0 Å². The van der Waals surface area contributed by atoms with Crippen LogP contribution in [-0.2, 0) is 6.54 Å². The van der Waals surface area contributed by atoms with Gasteiger partial charge in [-0.1, -0.05) is 24.3 Å². The van der Waals surface area contributed by atoms with E-state index in [1.54, 1.807) is 26.4 Å². The van der Waals surface area contributed by atoms with Gasteiger partial charge in [0.1, 0.15) is 29.1 Å². The molecule has 0 N–H and O–H groups in total. The molecule has 0 radical (unpaired) electrons.